The first kappa shape index (κ1) is 19.2. The molecule has 3 rings (SSSR count). The van der Waals surface area contributed by atoms with E-state index in [0.29, 0.717) is 30.5 Å². The highest BCUT2D eigenvalue weighted by Gasteiger charge is 2.31. The van der Waals surface area contributed by atoms with E-state index in [1.54, 1.807) is 27.9 Å². The lowest BCUT2D eigenvalue weighted by atomic mass is 10.3. The first-order valence-corrected chi connectivity index (χ1v) is 10.3. The zero-order chi connectivity index (χ0) is 18.9. The van der Waals surface area contributed by atoms with E-state index in [-0.39, 0.29) is 28.6 Å². The highest BCUT2D eigenvalue weighted by molar-refractivity contribution is 7.89. The summed E-state index contributed by atoms with van der Waals surface area (Å²) >= 11 is 12.0. The van der Waals surface area contributed by atoms with Gasteiger partial charge in [0.1, 0.15) is 4.90 Å². The van der Waals surface area contributed by atoms with Crippen molar-refractivity contribution in [3.05, 3.63) is 51.0 Å². The zero-order valence-corrected chi connectivity index (χ0v) is 16.4. The Morgan fingerprint density at radius 3 is 2.50 bits per heavy atom. The Hall–Kier alpha value is -1.61. The smallest absolute Gasteiger partial charge is 0.293 e. The predicted octanol–water partition coefficient (Wildman–Crippen LogP) is 2.08. The second kappa shape index (κ2) is 7.56. The molecule has 1 aliphatic heterocycles. The van der Waals surface area contributed by atoms with Crippen LogP contribution < -0.4 is 10.5 Å². The predicted molar refractivity (Wildman–Crippen MR) is 102 cm³/mol. The Labute approximate surface area is 161 Å². The molecule has 0 spiro atoms. The van der Waals surface area contributed by atoms with Crippen molar-refractivity contribution in [3.63, 3.8) is 0 Å². The Kier molecular flexibility index (Phi) is 5.57. The van der Waals surface area contributed by atoms with Crippen molar-refractivity contribution in [2.75, 3.05) is 31.1 Å². The lowest BCUT2D eigenvalue weighted by molar-refractivity contribution is 0.383. The fourth-order valence-corrected chi connectivity index (χ4v) is 5.02. The molecule has 1 aromatic carbocycles. The SMILES string of the molecule is CCn1ccnc(N2CCN(S(=O)(=O)c3cc(Cl)ccc3Cl)CC2)c1=O. The molecule has 0 radical (unpaired) electrons. The molecule has 1 aromatic heterocycles. The summed E-state index contributed by atoms with van der Waals surface area (Å²) in [7, 11) is -3.76. The number of rotatable bonds is 4. The van der Waals surface area contributed by atoms with Crippen LogP contribution in [-0.2, 0) is 16.6 Å². The second-order valence-electron chi connectivity index (χ2n) is 5.81. The van der Waals surface area contributed by atoms with E-state index >= 15 is 0 Å². The Morgan fingerprint density at radius 2 is 1.85 bits per heavy atom. The van der Waals surface area contributed by atoms with Crippen molar-refractivity contribution < 1.29 is 8.42 Å². The maximum absolute atomic E-state index is 12.9. The van der Waals surface area contributed by atoms with Crippen LogP contribution in [0.15, 0.2) is 40.3 Å². The molecule has 1 saturated heterocycles. The topological polar surface area (TPSA) is 75.5 Å². The van der Waals surface area contributed by atoms with Crippen LogP contribution in [-0.4, -0.2) is 48.5 Å². The summed E-state index contributed by atoms with van der Waals surface area (Å²) in [6.07, 6.45) is 3.21. The van der Waals surface area contributed by atoms with Crippen molar-refractivity contribution in [1.29, 1.82) is 0 Å². The van der Waals surface area contributed by atoms with Gasteiger partial charge < -0.3 is 9.47 Å². The van der Waals surface area contributed by atoms with Gasteiger partial charge >= 0.3 is 0 Å². The average molecular weight is 417 g/mol. The molecule has 0 amide bonds. The molecule has 1 fully saturated rings. The standard InChI is InChI=1S/C16H18Cl2N4O3S/c1-2-20-6-5-19-15(16(20)23)21-7-9-22(10-8-21)26(24,25)14-11-12(17)3-4-13(14)18/h3-6,11H,2,7-10H2,1H3. The molecule has 2 aromatic rings. The number of aromatic nitrogens is 2. The first-order chi connectivity index (χ1) is 12.3. The number of benzene rings is 1. The minimum Gasteiger partial charge on any atom is -0.349 e. The summed E-state index contributed by atoms with van der Waals surface area (Å²) in [6.45, 7) is 3.63. The third kappa shape index (κ3) is 3.59. The van der Waals surface area contributed by atoms with Crippen LogP contribution in [0.3, 0.4) is 0 Å². The minimum absolute atomic E-state index is 0.00806. The van der Waals surface area contributed by atoms with E-state index in [9.17, 15) is 13.2 Å². The number of nitrogens with zero attached hydrogens (tertiary/aromatic N) is 4. The highest BCUT2D eigenvalue weighted by Crippen LogP contribution is 2.28. The first-order valence-electron chi connectivity index (χ1n) is 8.10. The normalized spacial score (nSPS) is 16.0. The maximum atomic E-state index is 12.9. The number of hydrogen-bond acceptors (Lipinski definition) is 5. The molecule has 7 nitrogen and oxygen atoms in total. The summed E-state index contributed by atoms with van der Waals surface area (Å²) < 4.78 is 28.6. The molecule has 140 valence electrons. The summed E-state index contributed by atoms with van der Waals surface area (Å²) in [5.74, 6) is 0.340. The molecule has 1 aliphatic rings. The van der Waals surface area contributed by atoms with Gasteiger partial charge in [-0.25, -0.2) is 13.4 Å². The van der Waals surface area contributed by atoms with Gasteiger partial charge in [-0.1, -0.05) is 23.2 Å². The van der Waals surface area contributed by atoms with Crippen molar-refractivity contribution in [2.24, 2.45) is 0 Å². The molecule has 10 heteroatoms. The van der Waals surface area contributed by atoms with E-state index in [0.717, 1.165) is 0 Å². The number of hydrogen-bond donors (Lipinski definition) is 0. The number of sulfonamides is 1. The second-order valence-corrected chi connectivity index (χ2v) is 8.56. The lowest BCUT2D eigenvalue weighted by Gasteiger charge is -2.34. The van der Waals surface area contributed by atoms with Crippen LogP contribution in [0.1, 0.15) is 6.92 Å². The average Bonchev–Trinajstić information content (AvgIpc) is 2.64. The van der Waals surface area contributed by atoms with Gasteiger partial charge in [-0.05, 0) is 25.1 Å². The van der Waals surface area contributed by atoms with Crippen molar-refractivity contribution >= 4 is 39.0 Å². The van der Waals surface area contributed by atoms with E-state index in [1.165, 1.54) is 16.4 Å². The quantitative estimate of drug-likeness (QED) is 0.762. The number of aryl methyl sites for hydroxylation is 1. The molecule has 0 aliphatic carbocycles. The largest absolute Gasteiger partial charge is 0.349 e. The summed E-state index contributed by atoms with van der Waals surface area (Å²) in [4.78, 5) is 18.3. The molecular weight excluding hydrogens is 399 g/mol. The van der Waals surface area contributed by atoms with Crippen LogP contribution in [0.5, 0.6) is 0 Å². The molecule has 0 bridgehead atoms. The summed E-state index contributed by atoms with van der Waals surface area (Å²) in [5, 5.41) is 0.438. The maximum Gasteiger partial charge on any atom is 0.293 e. The van der Waals surface area contributed by atoms with E-state index in [1.807, 2.05) is 6.92 Å². The lowest BCUT2D eigenvalue weighted by Crippen LogP contribution is -2.50. The zero-order valence-electron chi connectivity index (χ0n) is 14.1. The van der Waals surface area contributed by atoms with Gasteiger partial charge in [0.25, 0.3) is 5.56 Å². The van der Waals surface area contributed by atoms with Crippen LogP contribution in [0.25, 0.3) is 0 Å². The number of halogens is 2. The Morgan fingerprint density at radius 1 is 1.15 bits per heavy atom. The third-order valence-electron chi connectivity index (χ3n) is 4.29. The van der Waals surface area contributed by atoms with Gasteiger partial charge in [0.15, 0.2) is 5.82 Å². The van der Waals surface area contributed by atoms with Crippen LogP contribution in [0.2, 0.25) is 10.0 Å². The Bertz CT molecular complexity index is 970. The minimum atomic E-state index is -3.76. The molecule has 26 heavy (non-hydrogen) atoms. The highest BCUT2D eigenvalue weighted by atomic mass is 35.5. The molecule has 2 heterocycles. The van der Waals surface area contributed by atoms with Gasteiger partial charge in [-0.2, -0.15) is 4.31 Å². The fraction of sp³-hybridized carbons (Fsp3) is 0.375. The van der Waals surface area contributed by atoms with E-state index < -0.39 is 10.0 Å². The molecule has 0 atom stereocenters. The van der Waals surface area contributed by atoms with Crippen LogP contribution >= 0.6 is 23.2 Å². The van der Waals surface area contributed by atoms with Crippen molar-refractivity contribution in [3.8, 4) is 0 Å². The van der Waals surface area contributed by atoms with Crippen molar-refractivity contribution in [2.45, 2.75) is 18.4 Å². The van der Waals surface area contributed by atoms with Gasteiger partial charge in [-0.15, -0.1) is 0 Å². The van der Waals surface area contributed by atoms with E-state index in [2.05, 4.69) is 4.98 Å². The Balaban J connectivity index is 1.80. The molecule has 0 saturated carbocycles. The van der Waals surface area contributed by atoms with Gasteiger partial charge in [-0.3, -0.25) is 4.79 Å². The van der Waals surface area contributed by atoms with Gasteiger partial charge in [0.2, 0.25) is 10.0 Å². The fourth-order valence-electron chi connectivity index (χ4n) is 2.86. The molecule has 0 N–H and O–H groups in total. The van der Waals surface area contributed by atoms with Gasteiger partial charge in [0, 0.05) is 50.1 Å². The van der Waals surface area contributed by atoms with Gasteiger partial charge in [0.05, 0.1) is 5.02 Å². The summed E-state index contributed by atoms with van der Waals surface area (Å²) in [6, 6.07) is 4.36. The molecular formula is C16H18Cl2N4O3S. The number of anilines is 1. The third-order valence-corrected chi connectivity index (χ3v) is 6.90. The van der Waals surface area contributed by atoms with Crippen LogP contribution in [0.4, 0.5) is 5.82 Å². The molecule has 0 unspecified atom stereocenters. The number of piperazine rings is 1. The van der Waals surface area contributed by atoms with Crippen LogP contribution in [0, 0.1) is 0 Å². The van der Waals surface area contributed by atoms with E-state index in [4.69, 9.17) is 23.2 Å². The summed E-state index contributed by atoms with van der Waals surface area (Å²) in [5.41, 5.74) is -0.177. The monoisotopic (exact) mass is 416 g/mol. The van der Waals surface area contributed by atoms with Crippen molar-refractivity contribution in [1.82, 2.24) is 13.9 Å².